The number of hydrogen-bond acceptors (Lipinski definition) is 1. The van der Waals surface area contributed by atoms with Gasteiger partial charge in [-0.2, -0.15) is 0 Å². The van der Waals surface area contributed by atoms with Crippen LogP contribution in [-0.4, -0.2) is 25.1 Å². The first kappa shape index (κ1) is 20.6. The van der Waals surface area contributed by atoms with Crippen LogP contribution in [0.3, 0.4) is 0 Å². The number of alkyl halides is 2. The molecule has 152 valence electrons. The SMILES string of the molecule is CCCCOC1CCC(C2CCC(C3CCC(C)CC3)CC2F)CC1F. The number of rotatable bonds is 6. The van der Waals surface area contributed by atoms with Crippen LogP contribution in [0.25, 0.3) is 0 Å². The number of hydrogen-bond donors (Lipinski definition) is 0. The molecule has 0 aromatic carbocycles. The van der Waals surface area contributed by atoms with E-state index in [0.29, 0.717) is 18.9 Å². The Morgan fingerprint density at radius 3 is 2.08 bits per heavy atom. The Bertz CT molecular complexity index is 407. The quantitative estimate of drug-likeness (QED) is 0.462. The van der Waals surface area contributed by atoms with Crippen molar-refractivity contribution in [1.29, 1.82) is 0 Å². The van der Waals surface area contributed by atoms with Crippen LogP contribution in [-0.2, 0) is 4.74 Å². The lowest BCUT2D eigenvalue weighted by atomic mass is 9.65. The lowest BCUT2D eigenvalue weighted by Crippen LogP contribution is -2.41. The van der Waals surface area contributed by atoms with Gasteiger partial charge >= 0.3 is 0 Å². The van der Waals surface area contributed by atoms with E-state index >= 15 is 4.39 Å². The van der Waals surface area contributed by atoms with E-state index in [1.165, 1.54) is 32.1 Å². The average Bonchev–Trinajstić information content (AvgIpc) is 2.64. The third-order valence-corrected chi connectivity index (χ3v) is 7.78. The van der Waals surface area contributed by atoms with Crippen molar-refractivity contribution in [3.05, 3.63) is 0 Å². The molecule has 0 aromatic heterocycles. The molecule has 6 unspecified atom stereocenters. The van der Waals surface area contributed by atoms with E-state index in [1.807, 2.05) is 0 Å². The highest BCUT2D eigenvalue weighted by atomic mass is 19.1. The summed E-state index contributed by atoms with van der Waals surface area (Å²) in [7, 11) is 0. The van der Waals surface area contributed by atoms with Crippen molar-refractivity contribution in [3.8, 4) is 0 Å². The second-order valence-corrected chi connectivity index (χ2v) is 9.62. The summed E-state index contributed by atoms with van der Waals surface area (Å²) >= 11 is 0. The van der Waals surface area contributed by atoms with E-state index < -0.39 is 12.3 Å². The minimum atomic E-state index is -0.893. The topological polar surface area (TPSA) is 9.23 Å². The number of halogens is 2. The van der Waals surface area contributed by atoms with Gasteiger partial charge in [-0.05, 0) is 87.4 Å². The first-order chi connectivity index (χ1) is 12.6. The fourth-order valence-electron chi connectivity index (χ4n) is 5.96. The molecule has 3 rings (SSSR count). The molecule has 0 bridgehead atoms. The molecule has 6 atom stereocenters. The van der Waals surface area contributed by atoms with Gasteiger partial charge in [0.1, 0.15) is 12.3 Å². The smallest absolute Gasteiger partial charge is 0.126 e. The van der Waals surface area contributed by atoms with Crippen LogP contribution in [0.2, 0.25) is 0 Å². The molecule has 0 heterocycles. The number of unbranched alkanes of at least 4 members (excludes halogenated alkanes) is 1. The van der Waals surface area contributed by atoms with Crippen molar-refractivity contribution < 1.29 is 13.5 Å². The normalized spacial score (nSPS) is 44.8. The van der Waals surface area contributed by atoms with E-state index in [9.17, 15) is 4.39 Å². The Hall–Kier alpha value is -0.180. The fourth-order valence-corrected chi connectivity index (χ4v) is 5.96. The molecule has 26 heavy (non-hydrogen) atoms. The van der Waals surface area contributed by atoms with Crippen molar-refractivity contribution >= 4 is 0 Å². The summed E-state index contributed by atoms with van der Waals surface area (Å²) < 4.78 is 35.3. The van der Waals surface area contributed by atoms with E-state index in [2.05, 4.69) is 13.8 Å². The van der Waals surface area contributed by atoms with Crippen molar-refractivity contribution in [2.75, 3.05) is 6.61 Å². The predicted octanol–water partition coefficient (Wildman–Crippen LogP) is 6.89. The molecule has 3 heteroatoms. The third kappa shape index (κ3) is 5.20. The van der Waals surface area contributed by atoms with Crippen molar-refractivity contribution in [1.82, 2.24) is 0 Å². The molecule has 3 aliphatic rings. The van der Waals surface area contributed by atoms with Crippen LogP contribution in [0.1, 0.15) is 90.9 Å². The first-order valence-electron chi connectivity index (χ1n) is 11.5. The molecule has 1 nitrogen and oxygen atoms in total. The summed E-state index contributed by atoms with van der Waals surface area (Å²) in [4.78, 5) is 0. The Morgan fingerprint density at radius 2 is 1.42 bits per heavy atom. The maximum Gasteiger partial charge on any atom is 0.126 e. The van der Waals surface area contributed by atoms with Gasteiger partial charge in [-0.15, -0.1) is 0 Å². The lowest BCUT2D eigenvalue weighted by molar-refractivity contribution is -0.0563. The third-order valence-electron chi connectivity index (χ3n) is 7.78. The van der Waals surface area contributed by atoms with Gasteiger partial charge in [-0.3, -0.25) is 0 Å². The highest BCUT2D eigenvalue weighted by molar-refractivity contribution is 4.92. The minimum absolute atomic E-state index is 0.101. The first-order valence-corrected chi connectivity index (χ1v) is 11.5. The summed E-state index contributed by atoms with van der Waals surface area (Å²) in [5.41, 5.74) is 0. The highest BCUT2D eigenvalue weighted by Gasteiger charge is 2.42. The second kappa shape index (κ2) is 9.85. The molecule has 0 aliphatic heterocycles. The summed E-state index contributed by atoms with van der Waals surface area (Å²) in [6.07, 6.45) is 10.7. The fraction of sp³-hybridized carbons (Fsp3) is 1.00. The molecule has 0 saturated heterocycles. The van der Waals surface area contributed by atoms with Gasteiger partial charge in [-0.1, -0.05) is 33.1 Å². The van der Waals surface area contributed by atoms with Gasteiger partial charge in [0.15, 0.2) is 0 Å². The zero-order valence-electron chi connectivity index (χ0n) is 17.0. The van der Waals surface area contributed by atoms with Crippen molar-refractivity contribution in [3.63, 3.8) is 0 Å². The Balaban J connectivity index is 1.45. The monoisotopic (exact) mass is 370 g/mol. The molecular formula is C23H40F2O. The van der Waals surface area contributed by atoms with Gasteiger partial charge in [0.2, 0.25) is 0 Å². The average molecular weight is 371 g/mol. The van der Waals surface area contributed by atoms with Crippen molar-refractivity contribution in [2.45, 2.75) is 109 Å². The van der Waals surface area contributed by atoms with E-state index in [1.54, 1.807) is 0 Å². The highest BCUT2D eigenvalue weighted by Crippen LogP contribution is 2.46. The summed E-state index contributed by atoms with van der Waals surface area (Å²) in [5.74, 6) is 2.53. The van der Waals surface area contributed by atoms with E-state index in [-0.39, 0.29) is 17.9 Å². The summed E-state index contributed by atoms with van der Waals surface area (Å²) in [6.45, 7) is 5.14. The van der Waals surface area contributed by atoms with Crippen LogP contribution >= 0.6 is 0 Å². The molecule has 0 amide bonds. The van der Waals surface area contributed by atoms with Gasteiger partial charge in [0.25, 0.3) is 0 Å². The zero-order chi connectivity index (χ0) is 18.5. The molecule has 3 saturated carbocycles. The predicted molar refractivity (Wildman–Crippen MR) is 104 cm³/mol. The Kier molecular flexibility index (Phi) is 7.78. The van der Waals surface area contributed by atoms with Gasteiger partial charge in [0.05, 0.1) is 6.10 Å². The molecule has 0 spiro atoms. The van der Waals surface area contributed by atoms with Gasteiger partial charge < -0.3 is 4.74 Å². The maximum atomic E-state index is 15.0. The van der Waals surface area contributed by atoms with Gasteiger partial charge in [0, 0.05) is 6.61 Å². The second-order valence-electron chi connectivity index (χ2n) is 9.62. The van der Waals surface area contributed by atoms with Crippen LogP contribution in [0.4, 0.5) is 8.78 Å². The van der Waals surface area contributed by atoms with Crippen LogP contribution in [0, 0.1) is 29.6 Å². The van der Waals surface area contributed by atoms with Gasteiger partial charge in [-0.25, -0.2) is 8.78 Å². The zero-order valence-corrected chi connectivity index (χ0v) is 17.0. The molecular weight excluding hydrogens is 330 g/mol. The standard InChI is InChI=1S/C23H40F2O/c1-3-4-13-26-23-12-10-19(15-22(23)25)20-11-9-18(14-21(20)24)17-7-5-16(2)6-8-17/h16-23H,3-15H2,1-2H3. The minimum Gasteiger partial charge on any atom is -0.375 e. The summed E-state index contributed by atoms with van der Waals surface area (Å²) in [6, 6.07) is 0. The Morgan fingerprint density at radius 1 is 0.769 bits per heavy atom. The molecule has 3 aliphatic carbocycles. The molecule has 0 radical (unpaired) electrons. The number of ether oxygens (including phenoxy) is 1. The van der Waals surface area contributed by atoms with Crippen molar-refractivity contribution in [2.24, 2.45) is 29.6 Å². The maximum absolute atomic E-state index is 15.0. The molecule has 3 fully saturated rings. The largest absolute Gasteiger partial charge is 0.375 e. The van der Waals surface area contributed by atoms with Crippen LogP contribution in [0.15, 0.2) is 0 Å². The Labute approximate surface area is 159 Å². The van der Waals surface area contributed by atoms with E-state index in [0.717, 1.165) is 50.4 Å². The van der Waals surface area contributed by atoms with Crippen LogP contribution < -0.4 is 0 Å². The molecule has 0 aromatic rings. The van der Waals surface area contributed by atoms with E-state index in [4.69, 9.17) is 4.74 Å². The molecule has 0 N–H and O–H groups in total. The lowest BCUT2D eigenvalue weighted by Gasteiger charge is -2.43. The summed E-state index contributed by atoms with van der Waals surface area (Å²) in [5, 5.41) is 0. The van der Waals surface area contributed by atoms with Crippen LogP contribution in [0.5, 0.6) is 0 Å².